The Hall–Kier alpha value is -2.33. The first-order chi connectivity index (χ1) is 15.5. The van der Waals surface area contributed by atoms with E-state index in [1.165, 1.54) is 0 Å². The van der Waals surface area contributed by atoms with E-state index >= 15 is 0 Å². The molecule has 32 heavy (non-hydrogen) atoms. The molecule has 9 heteroatoms. The van der Waals surface area contributed by atoms with Crippen molar-refractivity contribution in [2.45, 2.75) is 63.8 Å². The van der Waals surface area contributed by atoms with E-state index in [1.54, 1.807) is 23.7 Å². The lowest BCUT2D eigenvalue weighted by Gasteiger charge is -2.23. The lowest BCUT2D eigenvalue weighted by molar-refractivity contribution is 0.00446. The van der Waals surface area contributed by atoms with E-state index in [0.717, 1.165) is 57.0 Å². The van der Waals surface area contributed by atoms with Crippen LogP contribution in [0.5, 0.6) is 0 Å². The first-order valence-corrected chi connectivity index (χ1v) is 12.1. The van der Waals surface area contributed by atoms with Gasteiger partial charge in [0.15, 0.2) is 0 Å². The van der Waals surface area contributed by atoms with Crippen molar-refractivity contribution < 1.29 is 15.3 Å². The molecule has 3 aromatic heterocycles. The first kappa shape index (κ1) is 21.5. The van der Waals surface area contributed by atoms with Crippen LogP contribution in [0.15, 0.2) is 18.5 Å². The molecule has 0 amide bonds. The molecule has 0 radical (unpaired) electrons. The van der Waals surface area contributed by atoms with Gasteiger partial charge in [0.1, 0.15) is 28.3 Å². The van der Waals surface area contributed by atoms with Crippen molar-refractivity contribution >= 4 is 33.2 Å². The fraction of sp³-hybridized carbons (Fsp3) is 0.522. The number of fused-ring (bicyclic) bond motifs is 1. The average molecular weight is 456 g/mol. The molecule has 0 bridgehead atoms. The molecule has 0 aromatic carbocycles. The molecule has 170 valence electrons. The van der Waals surface area contributed by atoms with Crippen molar-refractivity contribution in [3.05, 3.63) is 29.6 Å². The van der Waals surface area contributed by atoms with Crippen LogP contribution < -0.4 is 10.6 Å². The smallest absolute Gasteiger partial charge is 0.139 e. The number of pyridine rings is 2. The Balaban J connectivity index is 1.61. The molecular weight excluding hydrogens is 426 g/mol. The van der Waals surface area contributed by atoms with Crippen molar-refractivity contribution in [3.63, 3.8) is 0 Å². The highest BCUT2D eigenvalue weighted by Crippen LogP contribution is 2.41. The highest BCUT2D eigenvalue weighted by atomic mass is 32.1. The van der Waals surface area contributed by atoms with Gasteiger partial charge in [0.25, 0.3) is 0 Å². The first-order valence-electron chi connectivity index (χ1n) is 11.2. The monoisotopic (exact) mass is 455 g/mol. The zero-order valence-corrected chi connectivity index (χ0v) is 19.1. The summed E-state index contributed by atoms with van der Waals surface area (Å²) < 4.78 is 1.05. The number of anilines is 2. The zero-order valence-electron chi connectivity index (χ0n) is 18.2. The SMILES string of the molecule is CCc1c(NC2CC2)nc(NC2CC(CO)C(O)C2O)c(-c2nc3cnccc3s2)c1C. The van der Waals surface area contributed by atoms with Gasteiger partial charge in [-0.25, -0.2) is 9.97 Å². The topological polar surface area (TPSA) is 123 Å². The minimum Gasteiger partial charge on any atom is -0.396 e. The molecule has 2 aliphatic carbocycles. The molecule has 0 spiro atoms. The van der Waals surface area contributed by atoms with Crippen LogP contribution in [0.4, 0.5) is 11.6 Å². The summed E-state index contributed by atoms with van der Waals surface area (Å²) in [6.45, 7) is 4.06. The molecule has 3 aromatic rings. The van der Waals surface area contributed by atoms with Crippen LogP contribution in [0.2, 0.25) is 0 Å². The van der Waals surface area contributed by atoms with Crippen LogP contribution in [0.25, 0.3) is 20.8 Å². The maximum absolute atomic E-state index is 10.6. The highest BCUT2D eigenvalue weighted by Gasteiger charge is 2.41. The average Bonchev–Trinajstić information content (AvgIpc) is 3.43. The molecule has 4 unspecified atom stereocenters. The number of hydrogen-bond acceptors (Lipinski definition) is 9. The second kappa shape index (κ2) is 8.55. The van der Waals surface area contributed by atoms with Gasteiger partial charge in [-0.05, 0) is 49.8 Å². The lowest BCUT2D eigenvalue weighted by Crippen LogP contribution is -2.35. The van der Waals surface area contributed by atoms with Crippen molar-refractivity contribution in [1.82, 2.24) is 15.0 Å². The molecule has 0 aliphatic heterocycles. The van der Waals surface area contributed by atoms with Crippen molar-refractivity contribution in [2.75, 3.05) is 17.2 Å². The maximum atomic E-state index is 10.6. The third-order valence-corrected chi connectivity index (χ3v) is 7.66. The Morgan fingerprint density at radius 1 is 1.12 bits per heavy atom. The van der Waals surface area contributed by atoms with Gasteiger partial charge in [-0.3, -0.25) is 4.98 Å². The second-order valence-corrected chi connectivity index (χ2v) is 9.86. The zero-order chi connectivity index (χ0) is 22.4. The minimum atomic E-state index is -0.979. The summed E-state index contributed by atoms with van der Waals surface area (Å²) >= 11 is 1.59. The van der Waals surface area contributed by atoms with Crippen LogP contribution in [0, 0.1) is 12.8 Å². The van der Waals surface area contributed by atoms with E-state index in [-0.39, 0.29) is 12.5 Å². The fourth-order valence-electron chi connectivity index (χ4n) is 4.59. The van der Waals surface area contributed by atoms with Crippen molar-refractivity contribution in [1.29, 1.82) is 0 Å². The van der Waals surface area contributed by atoms with Crippen LogP contribution in [-0.4, -0.2) is 61.2 Å². The van der Waals surface area contributed by atoms with Gasteiger partial charge in [-0.1, -0.05) is 6.92 Å². The van der Waals surface area contributed by atoms with E-state index in [4.69, 9.17) is 9.97 Å². The van der Waals surface area contributed by atoms with Crippen molar-refractivity contribution in [2.24, 2.45) is 5.92 Å². The molecule has 2 saturated carbocycles. The standard InChI is InChI=1S/C23H29N5O3S/c1-3-14-11(2)18(23-27-16-9-24-7-6-17(16)32-23)22(28-21(14)25-13-4-5-13)26-15-8-12(10-29)19(30)20(15)31/h6-7,9,12-13,15,19-20,29-31H,3-5,8,10H2,1-2H3,(H2,25,26,28). The van der Waals surface area contributed by atoms with Crippen molar-refractivity contribution in [3.8, 4) is 10.6 Å². The van der Waals surface area contributed by atoms with Gasteiger partial charge in [0.05, 0.1) is 28.6 Å². The van der Waals surface area contributed by atoms with E-state index in [0.29, 0.717) is 18.3 Å². The second-order valence-electron chi connectivity index (χ2n) is 8.83. The summed E-state index contributed by atoms with van der Waals surface area (Å²) in [5, 5.41) is 38.3. The normalized spacial score (nSPS) is 25.4. The number of rotatable bonds is 7. The van der Waals surface area contributed by atoms with Gasteiger partial charge in [-0.2, -0.15) is 0 Å². The minimum absolute atomic E-state index is 0.163. The molecule has 5 N–H and O–H groups in total. The number of hydrogen-bond donors (Lipinski definition) is 5. The number of aliphatic hydroxyl groups is 3. The number of aliphatic hydroxyl groups excluding tert-OH is 3. The Bertz CT molecular complexity index is 1100. The third-order valence-electron chi connectivity index (χ3n) is 6.61. The Kier molecular flexibility index (Phi) is 5.75. The molecule has 4 atom stereocenters. The predicted molar refractivity (Wildman–Crippen MR) is 126 cm³/mol. The molecular formula is C23H29N5O3S. The molecule has 2 fully saturated rings. The summed E-state index contributed by atoms with van der Waals surface area (Å²) in [5.41, 5.74) is 4.02. The van der Waals surface area contributed by atoms with E-state index < -0.39 is 18.2 Å². The van der Waals surface area contributed by atoms with E-state index in [2.05, 4.69) is 29.5 Å². The molecule has 0 saturated heterocycles. The number of aromatic nitrogens is 3. The van der Waals surface area contributed by atoms with Gasteiger partial charge in [0, 0.05) is 24.8 Å². The summed E-state index contributed by atoms with van der Waals surface area (Å²) in [6, 6.07) is 2.00. The Morgan fingerprint density at radius 2 is 1.94 bits per heavy atom. The maximum Gasteiger partial charge on any atom is 0.139 e. The van der Waals surface area contributed by atoms with E-state index in [1.807, 2.05) is 6.07 Å². The molecule has 5 rings (SSSR count). The van der Waals surface area contributed by atoms with Crippen LogP contribution >= 0.6 is 11.3 Å². The number of nitrogens with one attached hydrogen (secondary N) is 2. The highest BCUT2D eigenvalue weighted by molar-refractivity contribution is 7.21. The number of nitrogens with zero attached hydrogens (tertiary/aromatic N) is 3. The van der Waals surface area contributed by atoms with Crippen LogP contribution in [-0.2, 0) is 6.42 Å². The van der Waals surface area contributed by atoms with Crippen LogP contribution in [0.3, 0.4) is 0 Å². The number of thiazole rings is 1. The predicted octanol–water partition coefficient (Wildman–Crippen LogP) is 2.71. The summed E-state index contributed by atoms with van der Waals surface area (Å²) in [5.74, 6) is 1.15. The fourth-order valence-corrected chi connectivity index (χ4v) is 5.63. The van der Waals surface area contributed by atoms with Gasteiger partial charge >= 0.3 is 0 Å². The summed E-state index contributed by atoms with van der Waals surface area (Å²) in [6.07, 6.45) is 5.17. The largest absolute Gasteiger partial charge is 0.396 e. The summed E-state index contributed by atoms with van der Waals surface area (Å²) in [4.78, 5) is 14.0. The lowest BCUT2D eigenvalue weighted by atomic mass is 10.0. The van der Waals surface area contributed by atoms with Crippen LogP contribution in [0.1, 0.15) is 37.3 Å². The summed E-state index contributed by atoms with van der Waals surface area (Å²) in [7, 11) is 0. The van der Waals surface area contributed by atoms with Gasteiger partial charge in [0.2, 0.25) is 0 Å². The van der Waals surface area contributed by atoms with E-state index in [9.17, 15) is 15.3 Å². The quantitative estimate of drug-likeness (QED) is 0.368. The molecule has 3 heterocycles. The Morgan fingerprint density at radius 3 is 2.59 bits per heavy atom. The molecule has 8 nitrogen and oxygen atoms in total. The third kappa shape index (κ3) is 3.83. The Labute approximate surface area is 190 Å². The molecule has 2 aliphatic rings. The van der Waals surface area contributed by atoms with Gasteiger partial charge in [-0.15, -0.1) is 11.3 Å². The van der Waals surface area contributed by atoms with Gasteiger partial charge < -0.3 is 26.0 Å².